The van der Waals surface area contributed by atoms with E-state index in [0.29, 0.717) is 13.1 Å². The van der Waals surface area contributed by atoms with E-state index in [1.165, 1.54) is 11.1 Å². The first-order valence-corrected chi connectivity index (χ1v) is 6.12. The van der Waals surface area contributed by atoms with Crippen LogP contribution in [0.15, 0.2) is 18.2 Å². The summed E-state index contributed by atoms with van der Waals surface area (Å²) < 4.78 is 0. The Hall–Kier alpha value is -1.39. The molecular formula is C13H19N3O. The highest BCUT2D eigenvalue weighted by Crippen LogP contribution is 2.15. The van der Waals surface area contributed by atoms with E-state index in [4.69, 9.17) is 5.73 Å². The zero-order chi connectivity index (χ0) is 12.1. The number of carbonyl (C=O) groups excluding carboxylic acids is 1. The van der Waals surface area contributed by atoms with Gasteiger partial charge in [0.05, 0.1) is 0 Å². The van der Waals surface area contributed by atoms with Gasteiger partial charge in [-0.15, -0.1) is 0 Å². The fourth-order valence-electron chi connectivity index (χ4n) is 2.03. The van der Waals surface area contributed by atoms with Crippen LogP contribution in [0.4, 0.5) is 0 Å². The normalized spacial score (nSPS) is 14.2. The van der Waals surface area contributed by atoms with Crippen molar-refractivity contribution in [2.75, 3.05) is 19.6 Å². The topological polar surface area (TPSA) is 67.1 Å². The SMILES string of the molecule is NCCCNC(=O)c1ccc2c(c1)CNCC2. The standard InChI is InChI=1S/C13H19N3O/c14-5-1-6-16-13(17)11-3-2-10-4-7-15-9-12(10)8-11/h2-3,8,15H,1,4-7,9,14H2,(H,16,17). The second-order valence-electron chi connectivity index (χ2n) is 4.31. The van der Waals surface area contributed by atoms with Crippen molar-refractivity contribution in [3.63, 3.8) is 0 Å². The van der Waals surface area contributed by atoms with Gasteiger partial charge >= 0.3 is 0 Å². The van der Waals surface area contributed by atoms with Crippen LogP contribution in [0.3, 0.4) is 0 Å². The molecule has 4 heteroatoms. The molecule has 1 aliphatic heterocycles. The summed E-state index contributed by atoms with van der Waals surface area (Å²) in [6.07, 6.45) is 1.86. The van der Waals surface area contributed by atoms with Crippen LogP contribution >= 0.6 is 0 Å². The summed E-state index contributed by atoms with van der Waals surface area (Å²) in [5.74, 6) is -0.00757. The predicted octanol–water partition coefficient (Wildman–Crippen LogP) is 0.411. The lowest BCUT2D eigenvalue weighted by Gasteiger charge is -2.17. The number of benzene rings is 1. The Bertz CT molecular complexity index is 404. The molecule has 0 aliphatic carbocycles. The number of carbonyl (C=O) groups is 1. The Morgan fingerprint density at radius 2 is 2.29 bits per heavy atom. The lowest BCUT2D eigenvalue weighted by atomic mass is 9.98. The second-order valence-corrected chi connectivity index (χ2v) is 4.31. The molecular weight excluding hydrogens is 214 g/mol. The Morgan fingerprint density at radius 1 is 1.41 bits per heavy atom. The quantitative estimate of drug-likeness (QED) is 0.660. The molecule has 0 radical (unpaired) electrons. The fraction of sp³-hybridized carbons (Fsp3) is 0.462. The summed E-state index contributed by atoms with van der Waals surface area (Å²) in [7, 11) is 0. The van der Waals surface area contributed by atoms with Crippen molar-refractivity contribution in [3.8, 4) is 0 Å². The van der Waals surface area contributed by atoms with Gasteiger partial charge in [0.2, 0.25) is 0 Å². The van der Waals surface area contributed by atoms with E-state index < -0.39 is 0 Å². The summed E-state index contributed by atoms with van der Waals surface area (Å²) >= 11 is 0. The van der Waals surface area contributed by atoms with Crippen molar-refractivity contribution in [2.45, 2.75) is 19.4 Å². The van der Waals surface area contributed by atoms with Gasteiger partial charge in [0.15, 0.2) is 0 Å². The third-order valence-electron chi connectivity index (χ3n) is 3.02. The lowest BCUT2D eigenvalue weighted by Crippen LogP contribution is -2.27. The zero-order valence-corrected chi connectivity index (χ0v) is 9.96. The smallest absolute Gasteiger partial charge is 0.251 e. The average Bonchev–Trinajstić information content (AvgIpc) is 2.38. The van der Waals surface area contributed by atoms with Crippen molar-refractivity contribution in [2.24, 2.45) is 5.73 Å². The van der Waals surface area contributed by atoms with Gasteiger partial charge in [0.1, 0.15) is 0 Å². The molecule has 0 unspecified atom stereocenters. The number of nitrogens with one attached hydrogen (secondary N) is 2. The molecule has 1 heterocycles. The highest BCUT2D eigenvalue weighted by Gasteiger charge is 2.11. The highest BCUT2D eigenvalue weighted by molar-refractivity contribution is 5.94. The summed E-state index contributed by atoms with van der Waals surface area (Å²) in [5, 5.41) is 6.18. The maximum Gasteiger partial charge on any atom is 0.251 e. The number of amides is 1. The first-order valence-electron chi connectivity index (χ1n) is 6.12. The van der Waals surface area contributed by atoms with E-state index in [2.05, 4.69) is 16.7 Å². The molecule has 92 valence electrons. The van der Waals surface area contributed by atoms with E-state index in [-0.39, 0.29) is 5.91 Å². The van der Waals surface area contributed by atoms with Gasteiger partial charge in [-0.3, -0.25) is 4.79 Å². The fourth-order valence-corrected chi connectivity index (χ4v) is 2.03. The molecule has 0 atom stereocenters. The third-order valence-corrected chi connectivity index (χ3v) is 3.02. The molecule has 0 bridgehead atoms. The van der Waals surface area contributed by atoms with Crippen LogP contribution in [0.1, 0.15) is 27.9 Å². The maximum absolute atomic E-state index is 11.8. The Morgan fingerprint density at radius 3 is 3.12 bits per heavy atom. The summed E-state index contributed by atoms with van der Waals surface area (Å²) in [6.45, 7) is 3.13. The minimum atomic E-state index is -0.00757. The van der Waals surface area contributed by atoms with Crippen molar-refractivity contribution in [1.29, 1.82) is 0 Å². The van der Waals surface area contributed by atoms with Crippen molar-refractivity contribution in [1.82, 2.24) is 10.6 Å². The molecule has 4 nitrogen and oxygen atoms in total. The predicted molar refractivity (Wildman–Crippen MR) is 67.9 cm³/mol. The van der Waals surface area contributed by atoms with E-state index in [9.17, 15) is 4.79 Å². The average molecular weight is 233 g/mol. The first kappa shape index (κ1) is 12.1. The first-order chi connectivity index (χ1) is 8.31. The molecule has 0 saturated heterocycles. The Balaban J connectivity index is 2.03. The zero-order valence-electron chi connectivity index (χ0n) is 9.96. The molecule has 1 aromatic carbocycles. The molecule has 2 rings (SSSR count). The molecule has 0 aromatic heterocycles. The Labute approximate surface area is 102 Å². The molecule has 1 aliphatic rings. The maximum atomic E-state index is 11.8. The molecule has 0 spiro atoms. The number of nitrogens with two attached hydrogens (primary N) is 1. The summed E-state index contributed by atoms with van der Waals surface area (Å²) in [5.41, 5.74) is 8.71. The van der Waals surface area contributed by atoms with E-state index in [1.807, 2.05) is 12.1 Å². The number of hydrogen-bond donors (Lipinski definition) is 3. The van der Waals surface area contributed by atoms with Gasteiger partial charge in [-0.2, -0.15) is 0 Å². The van der Waals surface area contributed by atoms with Gasteiger partial charge in [0.25, 0.3) is 5.91 Å². The van der Waals surface area contributed by atoms with Gasteiger partial charge in [-0.25, -0.2) is 0 Å². The number of hydrogen-bond acceptors (Lipinski definition) is 3. The van der Waals surface area contributed by atoms with Crippen LogP contribution in [0.5, 0.6) is 0 Å². The largest absolute Gasteiger partial charge is 0.352 e. The van der Waals surface area contributed by atoms with Gasteiger partial charge in [-0.1, -0.05) is 6.07 Å². The Kier molecular flexibility index (Phi) is 4.12. The van der Waals surface area contributed by atoms with Crippen LogP contribution in [0.2, 0.25) is 0 Å². The van der Waals surface area contributed by atoms with Crippen LogP contribution in [0.25, 0.3) is 0 Å². The number of rotatable bonds is 4. The lowest BCUT2D eigenvalue weighted by molar-refractivity contribution is 0.0953. The monoisotopic (exact) mass is 233 g/mol. The van der Waals surface area contributed by atoms with E-state index in [1.54, 1.807) is 0 Å². The van der Waals surface area contributed by atoms with Crippen molar-refractivity contribution >= 4 is 5.91 Å². The minimum Gasteiger partial charge on any atom is -0.352 e. The van der Waals surface area contributed by atoms with E-state index >= 15 is 0 Å². The number of fused-ring (bicyclic) bond motifs is 1. The van der Waals surface area contributed by atoms with Gasteiger partial charge < -0.3 is 16.4 Å². The van der Waals surface area contributed by atoms with Gasteiger partial charge in [0, 0.05) is 18.7 Å². The van der Waals surface area contributed by atoms with Crippen LogP contribution in [-0.2, 0) is 13.0 Å². The minimum absolute atomic E-state index is 0.00757. The molecule has 0 fully saturated rings. The van der Waals surface area contributed by atoms with Crippen molar-refractivity contribution < 1.29 is 4.79 Å². The third kappa shape index (κ3) is 3.05. The molecule has 0 saturated carbocycles. The van der Waals surface area contributed by atoms with Crippen molar-refractivity contribution in [3.05, 3.63) is 34.9 Å². The van der Waals surface area contributed by atoms with E-state index in [0.717, 1.165) is 31.5 Å². The highest BCUT2D eigenvalue weighted by atomic mass is 16.1. The van der Waals surface area contributed by atoms with Crippen LogP contribution in [0, 0.1) is 0 Å². The second kappa shape index (κ2) is 5.80. The molecule has 4 N–H and O–H groups in total. The molecule has 1 amide bonds. The molecule has 1 aromatic rings. The van der Waals surface area contributed by atoms with Crippen LogP contribution < -0.4 is 16.4 Å². The van der Waals surface area contributed by atoms with Gasteiger partial charge in [-0.05, 0) is 49.2 Å². The molecule has 17 heavy (non-hydrogen) atoms. The summed E-state index contributed by atoms with van der Waals surface area (Å²) in [6, 6.07) is 5.95. The summed E-state index contributed by atoms with van der Waals surface area (Å²) in [4.78, 5) is 11.8. The van der Waals surface area contributed by atoms with Crippen LogP contribution in [-0.4, -0.2) is 25.5 Å².